The number of rotatable bonds is 0. The van der Waals surface area contributed by atoms with Crippen LogP contribution >= 0.6 is 0 Å². The summed E-state index contributed by atoms with van der Waals surface area (Å²) in [5.41, 5.74) is 14.0. The summed E-state index contributed by atoms with van der Waals surface area (Å²) in [7, 11) is 0. The highest BCUT2D eigenvalue weighted by Gasteiger charge is 2.57. The summed E-state index contributed by atoms with van der Waals surface area (Å²) < 4.78 is 0. The molecule has 8 unspecified atom stereocenters. The van der Waals surface area contributed by atoms with Gasteiger partial charge >= 0.3 is 0 Å². The van der Waals surface area contributed by atoms with Crippen LogP contribution in [-0.2, 0) is 5.41 Å². The first-order valence-electron chi connectivity index (χ1n) is 13.1. The number of hydrogen-bond donors (Lipinski definition) is 0. The largest absolute Gasteiger partial charge is 0.0845 e. The maximum Gasteiger partial charge on any atom is 0.0215 e. The Morgan fingerprint density at radius 2 is 0.903 bits per heavy atom. The van der Waals surface area contributed by atoms with E-state index in [1.165, 1.54) is 38.5 Å². The lowest BCUT2D eigenvalue weighted by atomic mass is 9.61. The zero-order valence-electron chi connectivity index (χ0n) is 18.0. The molecular formula is C31H28. The number of allylic oxidation sites excluding steroid dienone is 4. The molecule has 0 aromatic heterocycles. The zero-order chi connectivity index (χ0) is 19.6. The van der Waals surface area contributed by atoms with Crippen molar-refractivity contribution < 1.29 is 0 Å². The van der Waals surface area contributed by atoms with Gasteiger partial charge in [0.1, 0.15) is 0 Å². The first-order chi connectivity index (χ1) is 15.3. The smallest absolute Gasteiger partial charge is 0.0215 e. The van der Waals surface area contributed by atoms with Crippen molar-refractivity contribution in [3.05, 3.63) is 82.0 Å². The van der Waals surface area contributed by atoms with Crippen LogP contribution < -0.4 is 0 Å². The van der Waals surface area contributed by atoms with Gasteiger partial charge in [0, 0.05) is 5.41 Å². The van der Waals surface area contributed by atoms with Gasteiger partial charge in [-0.05, 0) is 118 Å². The Balaban J connectivity index is 1.21. The third-order valence-electron chi connectivity index (χ3n) is 11.6. The van der Waals surface area contributed by atoms with Crippen molar-refractivity contribution in [3.63, 3.8) is 0 Å². The molecule has 10 rings (SSSR count). The molecule has 8 atom stereocenters. The van der Waals surface area contributed by atoms with Crippen molar-refractivity contribution in [1.29, 1.82) is 0 Å². The first-order valence-corrected chi connectivity index (χ1v) is 13.1. The van der Waals surface area contributed by atoms with Crippen LogP contribution in [0.1, 0.15) is 95.6 Å². The van der Waals surface area contributed by atoms with E-state index in [1.54, 1.807) is 44.5 Å². The van der Waals surface area contributed by atoms with Crippen LogP contribution in [0.25, 0.3) is 11.1 Å². The summed E-state index contributed by atoms with van der Waals surface area (Å²) in [6, 6.07) is 10.9. The zero-order valence-corrected chi connectivity index (χ0v) is 18.0. The second-order valence-electron chi connectivity index (χ2n) is 12.3. The molecule has 0 radical (unpaired) electrons. The van der Waals surface area contributed by atoms with Crippen molar-refractivity contribution in [1.82, 2.24) is 0 Å². The van der Waals surface area contributed by atoms with Gasteiger partial charge in [-0.25, -0.2) is 0 Å². The van der Waals surface area contributed by atoms with Crippen molar-refractivity contribution in [3.8, 4) is 11.1 Å². The van der Waals surface area contributed by atoms with Gasteiger partial charge in [-0.1, -0.05) is 61.4 Å². The summed E-state index contributed by atoms with van der Waals surface area (Å²) in [6.45, 7) is 0. The lowest BCUT2D eigenvalue weighted by Crippen LogP contribution is -2.30. The Bertz CT molecular complexity index is 1200. The topological polar surface area (TPSA) is 0 Å². The predicted octanol–water partition coefficient (Wildman–Crippen LogP) is 7.30. The molecule has 4 bridgehead atoms. The highest BCUT2D eigenvalue weighted by molar-refractivity contribution is 5.85. The number of hydrogen-bond acceptors (Lipinski definition) is 0. The molecule has 0 N–H and O–H groups in total. The van der Waals surface area contributed by atoms with Crippen LogP contribution in [0.3, 0.4) is 0 Å². The minimum atomic E-state index is 0.339. The molecule has 2 aromatic carbocycles. The monoisotopic (exact) mass is 400 g/mol. The van der Waals surface area contributed by atoms with Gasteiger partial charge in [0.15, 0.2) is 0 Å². The average molecular weight is 401 g/mol. The fourth-order valence-corrected chi connectivity index (χ4v) is 10.5. The van der Waals surface area contributed by atoms with E-state index in [0.29, 0.717) is 5.41 Å². The van der Waals surface area contributed by atoms with Crippen LogP contribution in [-0.4, -0.2) is 0 Å². The van der Waals surface area contributed by atoms with Gasteiger partial charge in [-0.3, -0.25) is 0 Å². The summed E-state index contributed by atoms with van der Waals surface area (Å²) >= 11 is 0. The molecule has 8 aliphatic rings. The van der Waals surface area contributed by atoms with Crippen molar-refractivity contribution >= 4 is 0 Å². The fourth-order valence-electron chi connectivity index (χ4n) is 10.5. The van der Waals surface area contributed by atoms with Crippen molar-refractivity contribution in [2.24, 2.45) is 23.7 Å². The molecule has 0 amide bonds. The first kappa shape index (κ1) is 15.7. The van der Waals surface area contributed by atoms with Crippen LogP contribution in [0.15, 0.2) is 48.6 Å². The minimum Gasteiger partial charge on any atom is -0.0845 e. The molecular weight excluding hydrogens is 372 g/mol. The summed E-state index contributed by atoms with van der Waals surface area (Å²) in [6.07, 6.45) is 18.6. The quantitative estimate of drug-likeness (QED) is 0.407. The third-order valence-corrected chi connectivity index (χ3v) is 11.6. The maximum atomic E-state index is 2.75. The molecule has 0 heterocycles. The molecule has 3 saturated carbocycles. The lowest BCUT2D eigenvalue weighted by molar-refractivity contribution is 0.439. The fraction of sp³-hybridized carbons (Fsp3) is 0.484. The van der Waals surface area contributed by atoms with E-state index >= 15 is 0 Å². The van der Waals surface area contributed by atoms with Crippen molar-refractivity contribution in [2.45, 2.75) is 67.6 Å². The Morgan fingerprint density at radius 1 is 0.516 bits per heavy atom. The van der Waals surface area contributed by atoms with Crippen LogP contribution in [0.5, 0.6) is 0 Å². The van der Waals surface area contributed by atoms with E-state index in [1.807, 2.05) is 0 Å². The summed E-state index contributed by atoms with van der Waals surface area (Å²) in [4.78, 5) is 0. The van der Waals surface area contributed by atoms with E-state index in [0.717, 1.165) is 47.3 Å². The van der Waals surface area contributed by atoms with Crippen LogP contribution in [0.4, 0.5) is 0 Å². The lowest BCUT2D eigenvalue weighted by Gasteiger charge is -2.42. The molecule has 1 spiro atoms. The van der Waals surface area contributed by atoms with Gasteiger partial charge in [0.05, 0.1) is 0 Å². The van der Waals surface area contributed by atoms with E-state index in [4.69, 9.17) is 0 Å². The molecule has 0 saturated heterocycles. The molecule has 0 nitrogen and oxygen atoms in total. The Labute approximate surface area is 184 Å². The van der Waals surface area contributed by atoms with Gasteiger partial charge in [0.2, 0.25) is 0 Å². The molecule has 0 aliphatic heterocycles. The highest BCUT2D eigenvalue weighted by Crippen LogP contribution is 2.70. The average Bonchev–Trinajstić information content (AvgIpc) is 3.59. The molecule has 31 heavy (non-hydrogen) atoms. The SMILES string of the molecule is C1=CC2CC1C1c3cc4c(cc3C21)C1(CCCC1)c1cc2c(cc1-4)C1C3C=CC(C3)C21. The molecule has 0 heteroatoms. The normalized spacial score (nSPS) is 43.4. The maximum absolute atomic E-state index is 2.75. The molecule has 8 aliphatic carbocycles. The summed E-state index contributed by atoms with van der Waals surface area (Å²) in [5, 5.41) is 0. The van der Waals surface area contributed by atoms with Crippen LogP contribution in [0.2, 0.25) is 0 Å². The number of fused-ring (bicyclic) bond motifs is 21. The summed E-state index contributed by atoms with van der Waals surface area (Å²) in [5.74, 6) is 6.72. The van der Waals surface area contributed by atoms with Gasteiger partial charge < -0.3 is 0 Å². The number of benzene rings is 2. The Morgan fingerprint density at radius 3 is 1.32 bits per heavy atom. The van der Waals surface area contributed by atoms with E-state index < -0.39 is 0 Å². The minimum absolute atomic E-state index is 0.339. The second-order valence-corrected chi connectivity index (χ2v) is 12.3. The van der Waals surface area contributed by atoms with E-state index in [2.05, 4.69) is 48.6 Å². The standard InChI is InChI=1S/C31H28/c1-2-8-31(7-1)25-13-23-21(27-15-3-5-17(9-15)29(23)27)11-19(25)20-12-22-24(14-26(20)31)30-18-6-4-16(10-18)28(22)30/h3-6,11-18,27-30H,1-2,7-10H2. The second kappa shape index (κ2) is 4.66. The van der Waals surface area contributed by atoms with E-state index in [9.17, 15) is 0 Å². The van der Waals surface area contributed by atoms with Crippen molar-refractivity contribution in [2.75, 3.05) is 0 Å². The Hall–Kier alpha value is -2.08. The van der Waals surface area contributed by atoms with Crippen LogP contribution in [0, 0.1) is 23.7 Å². The van der Waals surface area contributed by atoms with E-state index in [-0.39, 0.29) is 0 Å². The highest BCUT2D eigenvalue weighted by atomic mass is 14.6. The third kappa shape index (κ3) is 1.47. The molecule has 2 aromatic rings. The van der Waals surface area contributed by atoms with Gasteiger partial charge in [-0.15, -0.1) is 0 Å². The Kier molecular flexibility index (Phi) is 2.35. The van der Waals surface area contributed by atoms with Gasteiger partial charge in [-0.2, -0.15) is 0 Å². The molecule has 3 fully saturated rings. The molecule has 152 valence electrons. The van der Waals surface area contributed by atoms with Gasteiger partial charge in [0.25, 0.3) is 0 Å². The predicted molar refractivity (Wildman–Crippen MR) is 124 cm³/mol.